The highest BCUT2D eigenvalue weighted by Gasteiger charge is 2.37. The summed E-state index contributed by atoms with van der Waals surface area (Å²) in [6, 6.07) is 0. The van der Waals surface area contributed by atoms with E-state index >= 15 is 0 Å². The molecule has 0 aromatic carbocycles. The highest BCUT2D eigenvalue weighted by atomic mass is 35.5. The van der Waals surface area contributed by atoms with E-state index in [-0.39, 0.29) is 0 Å². The van der Waals surface area contributed by atoms with E-state index in [1.807, 2.05) is 6.92 Å². The van der Waals surface area contributed by atoms with Gasteiger partial charge in [0, 0.05) is 11.6 Å². The molecule has 0 amide bonds. The second-order valence-electron chi connectivity index (χ2n) is 3.75. The molecule has 13 heavy (non-hydrogen) atoms. The normalized spacial score (nSPS) is 20.8. The first kappa shape index (κ1) is 10.5. The lowest BCUT2D eigenvalue weighted by atomic mass is 9.76. The third kappa shape index (κ3) is 2.69. The van der Waals surface area contributed by atoms with Crippen LogP contribution in [-0.4, -0.2) is 11.4 Å². The molecule has 1 rings (SSSR count). The van der Waals surface area contributed by atoms with Gasteiger partial charge in [-0.25, -0.2) is 4.79 Å². The van der Waals surface area contributed by atoms with Gasteiger partial charge in [0.25, 0.3) is 0 Å². The van der Waals surface area contributed by atoms with Gasteiger partial charge in [0.05, 0.1) is 5.41 Å². The molecule has 0 heterocycles. The molecule has 0 aromatic rings. The summed E-state index contributed by atoms with van der Waals surface area (Å²) in [6.07, 6.45) is 4.76. The lowest BCUT2D eigenvalue weighted by Gasteiger charge is -2.29. The van der Waals surface area contributed by atoms with Gasteiger partial charge in [-0.1, -0.05) is 19.3 Å². The molecular formula is C9H13ClO3. The van der Waals surface area contributed by atoms with E-state index in [1.165, 1.54) is 0 Å². The van der Waals surface area contributed by atoms with Crippen molar-refractivity contribution < 1.29 is 14.3 Å². The van der Waals surface area contributed by atoms with Crippen LogP contribution in [0.15, 0.2) is 0 Å². The number of carbonyl (C=O) groups excluding carboxylic acids is 2. The summed E-state index contributed by atoms with van der Waals surface area (Å²) >= 11 is 4.97. The lowest BCUT2D eigenvalue weighted by molar-refractivity contribution is -0.149. The van der Waals surface area contributed by atoms with Crippen molar-refractivity contribution in [3.63, 3.8) is 0 Å². The van der Waals surface area contributed by atoms with Gasteiger partial charge in [0.15, 0.2) is 0 Å². The number of ether oxygens (including phenoxy) is 1. The Morgan fingerprint density at radius 2 is 1.77 bits per heavy atom. The van der Waals surface area contributed by atoms with E-state index in [2.05, 4.69) is 4.74 Å². The van der Waals surface area contributed by atoms with Gasteiger partial charge in [-0.05, 0) is 19.8 Å². The smallest absolute Gasteiger partial charge is 0.380 e. The van der Waals surface area contributed by atoms with Crippen LogP contribution in [-0.2, 0) is 9.53 Å². The third-order valence-corrected chi connectivity index (χ3v) is 2.70. The molecule has 0 radical (unpaired) electrons. The molecular weight excluding hydrogens is 192 g/mol. The van der Waals surface area contributed by atoms with E-state index in [9.17, 15) is 9.59 Å². The van der Waals surface area contributed by atoms with Gasteiger partial charge in [0.2, 0.25) is 0 Å². The highest BCUT2D eigenvalue weighted by Crippen LogP contribution is 2.36. The maximum absolute atomic E-state index is 11.4. The van der Waals surface area contributed by atoms with Crippen molar-refractivity contribution in [2.24, 2.45) is 5.41 Å². The number of hydrogen-bond donors (Lipinski definition) is 0. The van der Waals surface area contributed by atoms with Crippen molar-refractivity contribution in [1.29, 1.82) is 0 Å². The number of esters is 1. The van der Waals surface area contributed by atoms with Crippen molar-refractivity contribution >= 4 is 23.0 Å². The van der Waals surface area contributed by atoms with Crippen LogP contribution in [0.2, 0.25) is 0 Å². The van der Waals surface area contributed by atoms with Gasteiger partial charge in [-0.3, -0.25) is 4.79 Å². The van der Waals surface area contributed by atoms with Crippen LogP contribution in [0.1, 0.15) is 39.0 Å². The molecule has 0 aromatic heterocycles. The molecule has 0 spiro atoms. The number of halogens is 1. The van der Waals surface area contributed by atoms with E-state index < -0.39 is 16.8 Å². The van der Waals surface area contributed by atoms with E-state index in [0.717, 1.165) is 32.1 Å². The van der Waals surface area contributed by atoms with Crippen molar-refractivity contribution in [3.8, 4) is 0 Å². The van der Waals surface area contributed by atoms with Crippen LogP contribution in [0.3, 0.4) is 0 Å². The SMILES string of the molecule is CC1(C(=O)OC(=O)Cl)CCCCC1. The molecule has 1 aliphatic carbocycles. The fraction of sp³-hybridized carbons (Fsp3) is 0.778. The fourth-order valence-corrected chi connectivity index (χ4v) is 1.80. The van der Waals surface area contributed by atoms with Crippen LogP contribution in [0, 0.1) is 5.41 Å². The van der Waals surface area contributed by atoms with Crippen LogP contribution < -0.4 is 0 Å². The predicted molar refractivity (Wildman–Crippen MR) is 48.5 cm³/mol. The minimum absolute atomic E-state index is 0.479. The van der Waals surface area contributed by atoms with E-state index in [4.69, 9.17) is 11.6 Å². The summed E-state index contributed by atoms with van der Waals surface area (Å²) in [5.74, 6) is -0.479. The molecule has 3 nitrogen and oxygen atoms in total. The molecule has 0 bridgehead atoms. The molecule has 0 atom stereocenters. The summed E-state index contributed by atoms with van der Waals surface area (Å²) in [5, 5.41) is 0. The lowest BCUT2D eigenvalue weighted by Crippen LogP contribution is -2.32. The summed E-state index contributed by atoms with van der Waals surface area (Å²) in [6.45, 7) is 1.83. The molecule has 1 saturated carbocycles. The standard InChI is InChI=1S/C9H13ClO3/c1-9(5-3-2-4-6-9)7(11)13-8(10)12/h2-6H2,1H3. The first-order valence-electron chi connectivity index (χ1n) is 4.46. The maximum Gasteiger partial charge on any atom is 0.411 e. The van der Waals surface area contributed by atoms with Crippen LogP contribution in [0.4, 0.5) is 4.79 Å². The van der Waals surface area contributed by atoms with Crippen LogP contribution in [0.5, 0.6) is 0 Å². The molecule has 1 aliphatic rings. The van der Waals surface area contributed by atoms with Crippen molar-refractivity contribution in [2.75, 3.05) is 0 Å². The topological polar surface area (TPSA) is 43.4 Å². The summed E-state index contributed by atoms with van der Waals surface area (Å²) < 4.78 is 4.38. The maximum atomic E-state index is 11.4. The fourth-order valence-electron chi connectivity index (χ4n) is 1.73. The Bertz CT molecular complexity index is 219. The largest absolute Gasteiger partial charge is 0.411 e. The van der Waals surface area contributed by atoms with Gasteiger partial charge >= 0.3 is 11.4 Å². The Kier molecular flexibility index (Phi) is 3.31. The molecule has 1 fully saturated rings. The first-order chi connectivity index (χ1) is 6.04. The molecule has 0 aliphatic heterocycles. The number of carbonyl (C=O) groups is 2. The second kappa shape index (κ2) is 4.09. The van der Waals surface area contributed by atoms with Gasteiger partial charge in [-0.15, -0.1) is 0 Å². The van der Waals surface area contributed by atoms with Crippen LogP contribution in [0.25, 0.3) is 0 Å². The van der Waals surface area contributed by atoms with Crippen molar-refractivity contribution in [3.05, 3.63) is 0 Å². The highest BCUT2D eigenvalue weighted by molar-refractivity contribution is 6.61. The third-order valence-electron chi connectivity index (χ3n) is 2.62. The van der Waals surface area contributed by atoms with E-state index in [1.54, 1.807) is 0 Å². The number of rotatable bonds is 1. The van der Waals surface area contributed by atoms with Crippen molar-refractivity contribution in [1.82, 2.24) is 0 Å². The second-order valence-corrected chi connectivity index (χ2v) is 4.06. The summed E-state index contributed by atoms with van der Waals surface area (Å²) in [4.78, 5) is 21.8. The van der Waals surface area contributed by atoms with Crippen LogP contribution >= 0.6 is 11.6 Å². The Labute approximate surface area is 82.4 Å². The Hall–Kier alpha value is -0.570. The summed E-state index contributed by atoms with van der Waals surface area (Å²) in [7, 11) is 0. The Balaban J connectivity index is 2.56. The average Bonchev–Trinajstić information content (AvgIpc) is 2.04. The summed E-state index contributed by atoms with van der Waals surface area (Å²) in [5.41, 5.74) is -1.53. The van der Waals surface area contributed by atoms with Crippen molar-refractivity contribution in [2.45, 2.75) is 39.0 Å². The Morgan fingerprint density at radius 1 is 1.23 bits per heavy atom. The first-order valence-corrected chi connectivity index (χ1v) is 4.84. The quantitative estimate of drug-likeness (QED) is 0.375. The molecule has 0 saturated heterocycles. The van der Waals surface area contributed by atoms with Gasteiger partial charge in [-0.2, -0.15) is 0 Å². The minimum Gasteiger partial charge on any atom is -0.380 e. The van der Waals surface area contributed by atoms with Gasteiger partial charge < -0.3 is 4.74 Å². The molecule has 0 N–H and O–H groups in total. The Morgan fingerprint density at radius 3 is 2.23 bits per heavy atom. The average molecular weight is 205 g/mol. The van der Waals surface area contributed by atoms with E-state index in [0.29, 0.717) is 0 Å². The minimum atomic E-state index is -1.03. The molecule has 4 heteroatoms. The zero-order chi connectivity index (χ0) is 9.90. The zero-order valence-corrected chi connectivity index (χ0v) is 8.39. The molecule has 74 valence electrons. The monoisotopic (exact) mass is 204 g/mol. The predicted octanol–water partition coefficient (Wildman–Crippen LogP) is 2.86. The number of hydrogen-bond acceptors (Lipinski definition) is 3. The molecule has 0 unspecified atom stereocenters. The zero-order valence-electron chi connectivity index (χ0n) is 7.64. The van der Waals surface area contributed by atoms with Gasteiger partial charge in [0.1, 0.15) is 0 Å².